The molecule has 0 amide bonds. The molecule has 0 bridgehead atoms. The second kappa shape index (κ2) is 2.08. The number of rotatable bonds is 0. The minimum absolute atomic E-state index is 1.15. The van der Waals surface area contributed by atoms with Gasteiger partial charge in [-0.1, -0.05) is 6.07 Å². The van der Waals surface area contributed by atoms with Crippen LogP contribution in [-0.2, 0) is 12.8 Å². The average molecular weight is 133 g/mol. The summed E-state index contributed by atoms with van der Waals surface area (Å²) in [5.41, 5.74) is 3.95. The van der Waals surface area contributed by atoms with Crippen molar-refractivity contribution in [3.05, 3.63) is 29.1 Å². The van der Waals surface area contributed by atoms with Gasteiger partial charge >= 0.3 is 0 Å². The third-order valence-electron chi connectivity index (χ3n) is 2.07. The maximum atomic E-state index is 4.45. The lowest BCUT2D eigenvalue weighted by Gasteiger charge is -1.97. The fourth-order valence-electron chi connectivity index (χ4n) is 1.53. The summed E-state index contributed by atoms with van der Waals surface area (Å²) >= 11 is 0. The van der Waals surface area contributed by atoms with Gasteiger partial charge in [-0.15, -0.1) is 0 Å². The Kier molecular flexibility index (Phi) is 1.23. The first-order valence-electron chi connectivity index (χ1n) is 3.82. The van der Waals surface area contributed by atoms with E-state index in [-0.39, 0.29) is 0 Å². The van der Waals surface area contributed by atoms with Crippen molar-refractivity contribution >= 4 is 0 Å². The molecule has 0 atom stereocenters. The molecule has 1 heteroatoms. The molecule has 1 aliphatic rings. The number of hydrogen-bond acceptors (Lipinski definition) is 1. The van der Waals surface area contributed by atoms with Crippen LogP contribution in [0.1, 0.15) is 23.4 Å². The minimum atomic E-state index is 1.15. The van der Waals surface area contributed by atoms with E-state index in [0.29, 0.717) is 0 Å². The molecule has 10 heavy (non-hydrogen) atoms. The molecule has 0 saturated heterocycles. The Labute approximate surface area is 61.1 Å². The third-order valence-corrected chi connectivity index (χ3v) is 2.07. The molecular weight excluding hydrogens is 122 g/mol. The molecular formula is C9H11N. The van der Waals surface area contributed by atoms with Crippen molar-refractivity contribution in [2.75, 3.05) is 0 Å². The van der Waals surface area contributed by atoms with Crippen molar-refractivity contribution in [1.82, 2.24) is 4.98 Å². The van der Waals surface area contributed by atoms with Crippen LogP contribution >= 0.6 is 0 Å². The number of pyridine rings is 1. The Balaban J connectivity index is 2.52. The van der Waals surface area contributed by atoms with E-state index in [2.05, 4.69) is 24.0 Å². The highest BCUT2D eigenvalue weighted by Crippen LogP contribution is 2.19. The van der Waals surface area contributed by atoms with E-state index in [9.17, 15) is 0 Å². The van der Waals surface area contributed by atoms with Gasteiger partial charge in [0, 0.05) is 11.4 Å². The average Bonchev–Trinajstić information content (AvgIpc) is 2.33. The van der Waals surface area contributed by atoms with E-state index in [1.165, 1.54) is 30.5 Å². The van der Waals surface area contributed by atoms with Crippen LogP contribution in [0.4, 0.5) is 0 Å². The fraction of sp³-hybridized carbons (Fsp3) is 0.444. The van der Waals surface area contributed by atoms with E-state index >= 15 is 0 Å². The Morgan fingerprint density at radius 2 is 2.20 bits per heavy atom. The largest absolute Gasteiger partial charge is 0.258 e. The molecule has 0 N–H and O–H groups in total. The topological polar surface area (TPSA) is 12.9 Å². The highest BCUT2D eigenvalue weighted by atomic mass is 14.7. The molecule has 2 rings (SSSR count). The maximum absolute atomic E-state index is 4.45. The highest BCUT2D eigenvalue weighted by molar-refractivity contribution is 5.26. The third kappa shape index (κ3) is 0.821. The van der Waals surface area contributed by atoms with Crippen LogP contribution in [-0.4, -0.2) is 4.98 Å². The van der Waals surface area contributed by atoms with Crippen LogP contribution in [0.5, 0.6) is 0 Å². The van der Waals surface area contributed by atoms with Gasteiger partial charge in [-0.3, -0.25) is 4.98 Å². The molecule has 0 unspecified atom stereocenters. The summed E-state index contributed by atoms with van der Waals surface area (Å²) in [5.74, 6) is 0. The number of nitrogens with zero attached hydrogens (tertiary/aromatic N) is 1. The smallest absolute Gasteiger partial charge is 0.0438 e. The van der Waals surface area contributed by atoms with Crippen LogP contribution in [0.25, 0.3) is 0 Å². The first-order valence-corrected chi connectivity index (χ1v) is 3.82. The summed E-state index contributed by atoms with van der Waals surface area (Å²) in [6, 6.07) is 4.31. The molecule has 0 spiro atoms. The van der Waals surface area contributed by atoms with Crippen molar-refractivity contribution < 1.29 is 0 Å². The zero-order valence-corrected chi connectivity index (χ0v) is 6.22. The van der Waals surface area contributed by atoms with Gasteiger partial charge < -0.3 is 0 Å². The van der Waals surface area contributed by atoms with Crippen molar-refractivity contribution in [3.8, 4) is 0 Å². The number of aromatic nitrogens is 1. The normalized spacial score (nSPS) is 15.3. The van der Waals surface area contributed by atoms with Crippen molar-refractivity contribution in [1.29, 1.82) is 0 Å². The molecule has 1 aromatic rings. The summed E-state index contributed by atoms with van der Waals surface area (Å²) in [5, 5.41) is 0. The molecule has 0 radical (unpaired) electrons. The zero-order valence-electron chi connectivity index (χ0n) is 6.22. The predicted octanol–water partition coefficient (Wildman–Crippen LogP) is 1.88. The van der Waals surface area contributed by atoms with Crippen LogP contribution in [0.15, 0.2) is 12.1 Å². The standard InChI is InChI=1S/C9H11N/c1-7-5-6-8-3-2-4-9(8)10-7/h5-6H,2-4H2,1H3. The van der Waals surface area contributed by atoms with E-state index in [0.717, 1.165) is 5.69 Å². The second-order valence-corrected chi connectivity index (χ2v) is 2.91. The number of hydrogen-bond donors (Lipinski definition) is 0. The number of aryl methyl sites for hydroxylation is 3. The van der Waals surface area contributed by atoms with Crippen LogP contribution in [0.3, 0.4) is 0 Å². The summed E-state index contributed by atoms with van der Waals surface area (Å²) in [4.78, 5) is 4.45. The first-order chi connectivity index (χ1) is 4.86. The summed E-state index contributed by atoms with van der Waals surface area (Å²) in [6.07, 6.45) is 3.73. The Hall–Kier alpha value is -0.850. The second-order valence-electron chi connectivity index (χ2n) is 2.91. The molecule has 52 valence electrons. The number of fused-ring (bicyclic) bond motifs is 1. The van der Waals surface area contributed by atoms with Crippen LogP contribution in [0.2, 0.25) is 0 Å². The van der Waals surface area contributed by atoms with Gasteiger partial charge in [0.05, 0.1) is 0 Å². The SMILES string of the molecule is Cc1ccc2c(n1)CCC2. The fourth-order valence-corrected chi connectivity index (χ4v) is 1.53. The monoisotopic (exact) mass is 133 g/mol. The Morgan fingerprint density at radius 3 is 3.10 bits per heavy atom. The van der Waals surface area contributed by atoms with Crippen molar-refractivity contribution in [2.24, 2.45) is 0 Å². The lowest BCUT2D eigenvalue weighted by Crippen LogP contribution is -1.89. The van der Waals surface area contributed by atoms with Crippen LogP contribution < -0.4 is 0 Å². The van der Waals surface area contributed by atoms with Gasteiger partial charge in [0.25, 0.3) is 0 Å². The van der Waals surface area contributed by atoms with E-state index in [1.54, 1.807) is 0 Å². The van der Waals surface area contributed by atoms with E-state index in [1.807, 2.05) is 0 Å². The van der Waals surface area contributed by atoms with Gasteiger partial charge in [-0.25, -0.2) is 0 Å². The van der Waals surface area contributed by atoms with Gasteiger partial charge in [0.15, 0.2) is 0 Å². The van der Waals surface area contributed by atoms with Crippen molar-refractivity contribution in [3.63, 3.8) is 0 Å². The molecule has 1 nitrogen and oxygen atoms in total. The van der Waals surface area contributed by atoms with E-state index in [4.69, 9.17) is 0 Å². The Morgan fingerprint density at radius 1 is 1.30 bits per heavy atom. The molecule has 0 aromatic carbocycles. The minimum Gasteiger partial charge on any atom is -0.258 e. The molecule has 1 heterocycles. The zero-order chi connectivity index (χ0) is 6.97. The molecule has 0 fully saturated rings. The first kappa shape index (κ1) is 5.90. The molecule has 1 aliphatic carbocycles. The lowest BCUT2D eigenvalue weighted by molar-refractivity contribution is 0.897. The molecule has 1 aromatic heterocycles. The van der Waals surface area contributed by atoms with E-state index < -0.39 is 0 Å². The van der Waals surface area contributed by atoms with Crippen LogP contribution in [0, 0.1) is 6.92 Å². The predicted molar refractivity (Wildman–Crippen MR) is 41.0 cm³/mol. The Bertz CT molecular complexity index is 253. The van der Waals surface area contributed by atoms with Gasteiger partial charge in [-0.05, 0) is 37.8 Å². The molecule has 0 aliphatic heterocycles. The maximum Gasteiger partial charge on any atom is 0.0438 e. The quantitative estimate of drug-likeness (QED) is 0.526. The summed E-state index contributed by atoms with van der Waals surface area (Å²) in [7, 11) is 0. The molecule has 0 saturated carbocycles. The van der Waals surface area contributed by atoms with Crippen molar-refractivity contribution in [2.45, 2.75) is 26.2 Å². The highest BCUT2D eigenvalue weighted by Gasteiger charge is 2.10. The summed E-state index contributed by atoms with van der Waals surface area (Å²) < 4.78 is 0. The van der Waals surface area contributed by atoms with Gasteiger partial charge in [-0.2, -0.15) is 0 Å². The lowest BCUT2D eigenvalue weighted by atomic mass is 10.2. The summed E-state index contributed by atoms with van der Waals surface area (Å²) in [6.45, 7) is 2.05. The van der Waals surface area contributed by atoms with Gasteiger partial charge in [0.1, 0.15) is 0 Å². The van der Waals surface area contributed by atoms with Gasteiger partial charge in [0.2, 0.25) is 0 Å².